The van der Waals surface area contributed by atoms with Gasteiger partial charge >= 0.3 is 0 Å². The van der Waals surface area contributed by atoms with Crippen LogP contribution < -0.4 is 21.1 Å². The Balaban J connectivity index is 0.00000450. The Morgan fingerprint density at radius 2 is 2.10 bits per heavy atom. The number of aliphatic imine (C=N–C) groups is 1. The van der Waals surface area contributed by atoms with E-state index in [1.165, 1.54) is 0 Å². The Hall–Kier alpha value is -1.55. The molecule has 0 aromatic heterocycles. The number of nitrogens with zero attached hydrogens (tertiary/aromatic N) is 1. The first kappa shape index (κ1) is 26.5. The standard InChI is InChI=1S/C22H36N4O3.HI/c1-5-24-21(26-14-17-9-7-11-28-20(17)22(2,3)4)25-13-16-8-6-10-18(12-16)29-15-19(23)27;/h6,8,10,12,17,20H,5,7,9,11,13-15H2,1-4H3,(H2,23,27)(H2,24,25,26);1H. The van der Waals surface area contributed by atoms with E-state index in [9.17, 15) is 4.79 Å². The quantitative estimate of drug-likeness (QED) is 0.272. The molecule has 4 N–H and O–H groups in total. The maximum Gasteiger partial charge on any atom is 0.255 e. The van der Waals surface area contributed by atoms with Crippen molar-refractivity contribution in [2.24, 2.45) is 22.1 Å². The molecule has 1 fully saturated rings. The largest absolute Gasteiger partial charge is 0.484 e. The van der Waals surface area contributed by atoms with E-state index in [0.717, 1.165) is 44.1 Å². The molecule has 1 aromatic carbocycles. The zero-order chi connectivity index (χ0) is 21.3. The van der Waals surface area contributed by atoms with E-state index < -0.39 is 5.91 Å². The zero-order valence-corrected chi connectivity index (χ0v) is 20.9. The summed E-state index contributed by atoms with van der Waals surface area (Å²) in [5.41, 5.74) is 6.25. The van der Waals surface area contributed by atoms with Crippen LogP contribution >= 0.6 is 24.0 Å². The molecule has 30 heavy (non-hydrogen) atoms. The first-order valence-corrected chi connectivity index (χ1v) is 10.4. The third-order valence-electron chi connectivity index (χ3n) is 4.87. The summed E-state index contributed by atoms with van der Waals surface area (Å²) < 4.78 is 11.4. The number of halogens is 1. The smallest absolute Gasteiger partial charge is 0.255 e. The van der Waals surface area contributed by atoms with Gasteiger partial charge in [-0.1, -0.05) is 32.9 Å². The van der Waals surface area contributed by atoms with Gasteiger partial charge in [-0.3, -0.25) is 4.79 Å². The summed E-state index contributed by atoms with van der Waals surface area (Å²) in [4.78, 5) is 15.6. The first-order chi connectivity index (χ1) is 13.8. The molecule has 1 aliphatic rings. The van der Waals surface area contributed by atoms with Crippen LogP contribution in [-0.4, -0.2) is 44.3 Å². The summed E-state index contributed by atoms with van der Waals surface area (Å²) >= 11 is 0. The summed E-state index contributed by atoms with van der Waals surface area (Å²) in [5.74, 6) is 1.36. The second-order valence-corrected chi connectivity index (χ2v) is 8.54. The molecule has 2 atom stereocenters. The van der Waals surface area contributed by atoms with Crippen LogP contribution in [0.1, 0.15) is 46.1 Å². The zero-order valence-electron chi connectivity index (χ0n) is 18.6. The van der Waals surface area contributed by atoms with Crippen molar-refractivity contribution in [1.29, 1.82) is 0 Å². The molecule has 2 rings (SSSR count). The lowest BCUT2D eigenvalue weighted by molar-refractivity contribution is -0.119. The average molecular weight is 532 g/mol. The summed E-state index contributed by atoms with van der Waals surface area (Å²) in [7, 11) is 0. The van der Waals surface area contributed by atoms with E-state index in [0.29, 0.717) is 18.2 Å². The third-order valence-corrected chi connectivity index (χ3v) is 4.87. The lowest BCUT2D eigenvalue weighted by Crippen LogP contribution is -2.47. The van der Waals surface area contributed by atoms with Crippen molar-refractivity contribution in [3.05, 3.63) is 29.8 Å². The lowest BCUT2D eigenvalue weighted by atomic mass is 9.78. The van der Waals surface area contributed by atoms with Crippen molar-refractivity contribution in [2.75, 3.05) is 26.3 Å². The number of amides is 1. The van der Waals surface area contributed by atoms with Gasteiger partial charge in [0, 0.05) is 25.6 Å². The number of hydrogen-bond acceptors (Lipinski definition) is 4. The van der Waals surface area contributed by atoms with Crippen LogP contribution in [0.15, 0.2) is 29.3 Å². The minimum atomic E-state index is -0.493. The van der Waals surface area contributed by atoms with Gasteiger partial charge in [0.05, 0.1) is 12.6 Å². The Morgan fingerprint density at radius 1 is 1.33 bits per heavy atom. The summed E-state index contributed by atoms with van der Waals surface area (Å²) in [6.07, 6.45) is 2.50. The van der Waals surface area contributed by atoms with Crippen LogP contribution in [0, 0.1) is 11.3 Å². The number of hydrogen-bond donors (Lipinski definition) is 3. The number of primary amides is 1. The summed E-state index contributed by atoms with van der Waals surface area (Å²) in [6.45, 7) is 11.6. The van der Waals surface area contributed by atoms with Gasteiger partial charge in [-0.15, -0.1) is 24.0 Å². The van der Waals surface area contributed by atoms with Gasteiger partial charge in [-0.25, -0.2) is 4.99 Å². The minimum absolute atomic E-state index is 0. The van der Waals surface area contributed by atoms with Gasteiger partial charge < -0.3 is 25.8 Å². The maximum atomic E-state index is 10.9. The highest BCUT2D eigenvalue weighted by atomic mass is 127. The average Bonchev–Trinajstić information content (AvgIpc) is 2.68. The molecule has 7 nitrogen and oxygen atoms in total. The highest BCUT2D eigenvalue weighted by molar-refractivity contribution is 14.0. The molecule has 0 spiro atoms. The Kier molecular flexibility index (Phi) is 11.5. The predicted molar refractivity (Wildman–Crippen MR) is 131 cm³/mol. The summed E-state index contributed by atoms with van der Waals surface area (Å²) in [6, 6.07) is 7.54. The first-order valence-electron chi connectivity index (χ1n) is 10.4. The molecule has 1 amide bonds. The fourth-order valence-corrected chi connectivity index (χ4v) is 3.64. The normalized spacial score (nSPS) is 19.5. The fraction of sp³-hybridized carbons (Fsp3) is 0.636. The van der Waals surface area contributed by atoms with Gasteiger partial charge in [0.25, 0.3) is 5.91 Å². The number of benzene rings is 1. The Bertz CT molecular complexity index is 691. The molecule has 0 radical (unpaired) electrons. The molecule has 2 unspecified atom stereocenters. The van der Waals surface area contributed by atoms with E-state index in [4.69, 9.17) is 20.2 Å². The molecule has 170 valence electrons. The molecule has 1 aliphatic heterocycles. The maximum absolute atomic E-state index is 10.9. The molecule has 1 aromatic rings. The fourth-order valence-electron chi connectivity index (χ4n) is 3.64. The highest BCUT2D eigenvalue weighted by Crippen LogP contribution is 2.33. The second-order valence-electron chi connectivity index (χ2n) is 8.54. The SMILES string of the molecule is CCNC(=NCc1cccc(OCC(N)=O)c1)NCC1CCCOC1C(C)(C)C.I. The van der Waals surface area contributed by atoms with E-state index >= 15 is 0 Å². The number of carbonyl (C=O) groups excluding carboxylic acids is 1. The van der Waals surface area contributed by atoms with E-state index in [-0.39, 0.29) is 42.1 Å². The van der Waals surface area contributed by atoms with Crippen molar-refractivity contribution in [2.45, 2.75) is 53.2 Å². The minimum Gasteiger partial charge on any atom is -0.484 e. The second kappa shape index (κ2) is 13.0. The number of nitrogens with two attached hydrogens (primary N) is 1. The van der Waals surface area contributed by atoms with Gasteiger partial charge in [-0.05, 0) is 42.9 Å². The number of nitrogens with one attached hydrogen (secondary N) is 2. The van der Waals surface area contributed by atoms with Crippen LogP contribution in [0.4, 0.5) is 0 Å². The molecule has 1 heterocycles. The molecule has 0 saturated carbocycles. The molecular weight excluding hydrogens is 495 g/mol. The number of ether oxygens (including phenoxy) is 2. The van der Waals surface area contributed by atoms with Gasteiger partial charge in [0.2, 0.25) is 0 Å². The molecule has 0 aliphatic carbocycles. The van der Waals surface area contributed by atoms with Crippen molar-refractivity contribution in [1.82, 2.24) is 10.6 Å². The lowest BCUT2D eigenvalue weighted by Gasteiger charge is -2.40. The van der Waals surface area contributed by atoms with E-state index in [2.05, 4.69) is 38.3 Å². The molecular formula is C22H37IN4O3. The van der Waals surface area contributed by atoms with Crippen LogP contribution in [0.2, 0.25) is 0 Å². The van der Waals surface area contributed by atoms with E-state index in [1.807, 2.05) is 18.2 Å². The van der Waals surface area contributed by atoms with Gasteiger partial charge in [0.1, 0.15) is 5.75 Å². The van der Waals surface area contributed by atoms with Gasteiger partial charge in [-0.2, -0.15) is 0 Å². The summed E-state index contributed by atoms with van der Waals surface area (Å²) in [5, 5.41) is 6.79. The van der Waals surface area contributed by atoms with Crippen LogP contribution in [0.3, 0.4) is 0 Å². The third kappa shape index (κ3) is 9.07. The van der Waals surface area contributed by atoms with Crippen molar-refractivity contribution in [3.8, 4) is 5.75 Å². The number of rotatable bonds is 8. The molecule has 1 saturated heterocycles. The van der Waals surface area contributed by atoms with Crippen LogP contribution in [0.5, 0.6) is 5.75 Å². The Morgan fingerprint density at radius 3 is 2.77 bits per heavy atom. The van der Waals surface area contributed by atoms with E-state index in [1.54, 1.807) is 6.07 Å². The van der Waals surface area contributed by atoms with Gasteiger partial charge in [0.15, 0.2) is 12.6 Å². The monoisotopic (exact) mass is 532 g/mol. The number of carbonyl (C=O) groups is 1. The number of guanidine groups is 1. The van der Waals surface area contributed by atoms with Crippen LogP contribution in [-0.2, 0) is 16.1 Å². The van der Waals surface area contributed by atoms with Crippen molar-refractivity contribution < 1.29 is 14.3 Å². The molecule has 0 bridgehead atoms. The Labute approximate surface area is 197 Å². The van der Waals surface area contributed by atoms with Crippen LogP contribution in [0.25, 0.3) is 0 Å². The molecule has 8 heteroatoms. The topological polar surface area (TPSA) is 98.0 Å². The predicted octanol–water partition coefficient (Wildman–Crippen LogP) is 3.07. The van der Waals surface area contributed by atoms with Crippen molar-refractivity contribution in [3.63, 3.8) is 0 Å². The van der Waals surface area contributed by atoms with Crippen molar-refractivity contribution >= 4 is 35.8 Å². The highest BCUT2D eigenvalue weighted by Gasteiger charge is 2.35.